The minimum atomic E-state index is -0.858. The molecule has 1 aliphatic carbocycles. The number of rotatable bonds is 3. The van der Waals surface area contributed by atoms with E-state index in [9.17, 15) is 9.59 Å². The lowest BCUT2D eigenvalue weighted by molar-refractivity contribution is -0.145. The molecule has 1 fully saturated rings. The topological polar surface area (TPSA) is 90.6 Å². The molecule has 0 spiro atoms. The molecule has 18 heavy (non-hydrogen) atoms. The van der Waals surface area contributed by atoms with Gasteiger partial charge < -0.3 is 20.5 Å². The molecular formula is C12H22N2O4. The van der Waals surface area contributed by atoms with E-state index in [1.54, 1.807) is 20.8 Å². The van der Waals surface area contributed by atoms with Crippen LogP contribution in [0.1, 0.15) is 40.0 Å². The highest BCUT2D eigenvalue weighted by Gasteiger charge is 2.48. The fraction of sp³-hybridized carbons (Fsp3) is 0.833. The van der Waals surface area contributed by atoms with E-state index in [2.05, 4.69) is 10.1 Å². The lowest BCUT2D eigenvalue weighted by Gasteiger charge is -2.45. The number of carbonyl (C=O) groups excluding carboxylic acids is 2. The van der Waals surface area contributed by atoms with Gasteiger partial charge in [-0.2, -0.15) is 0 Å². The maximum atomic E-state index is 11.7. The second kappa shape index (κ2) is 5.14. The Hall–Kier alpha value is -1.30. The first-order valence-corrected chi connectivity index (χ1v) is 6.05. The molecule has 6 heteroatoms. The van der Waals surface area contributed by atoms with Gasteiger partial charge >= 0.3 is 12.1 Å². The number of esters is 1. The summed E-state index contributed by atoms with van der Waals surface area (Å²) in [4.78, 5) is 23.2. The zero-order valence-electron chi connectivity index (χ0n) is 11.4. The van der Waals surface area contributed by atoms with Crippen LogP contribution in [0.3, 0.4) is 0 Å². The molecule has 1 amide bonds. The molecule has 0 aliphatic heterocycles. The summed E-state index contributed by atoms with van der Waals surface area (Å²) in [7, 11) is 1.28. The molecule has 104 valence electrons. The fourth-order valence-corrected chi connectivity index (χ4v) is 1.93. The number of nitrogens with one attached hydrogen (secondary N) is 1. The Balaban J connectivity index is 2.66. The van der Waals surface area contributed by atoms with Gasteiger partial charge in [-0.05, 0) is 40.0 Å². The Bertz CT molecular complexity index is 331. The number of hydrogen-bond acceptors (Lipinski definition) is 5. The van der Waals surface area contributed by atoms with Gasteiger partial charge in [0.05, 0.1) is 12.6 Å². The van der Waals surface area contributed by atoms with E-state index >= 15 is 0 Å². The van der Waals surface area contributed by atoms with Crippen molar-refractivity contribution in [1.82, 2.24) is 5.32 Å². The summed E-state index contributed by atoms with van der Waals surface area (Å²) < 4.78 is 9.80. The van der Waals surface area contributed by atoms with Crippen molar-refractivity contribution in [3.05, 3.63) is 0 Å². The van der Waals surface area contributed by atoms with Crippen molar-refractivity contribution in [3.63, 3.8) is 0 Å². The maximum absolute atomic E-state index is 11.7. The Morgan fingerprint density at radius 1 is 1.33 bits per heavy atom. The van der Waals surface area contributed by atoms with E-state index in [1.165, 1.54) is 7.11 Å². The van der Waals surface area contributed by atoms with Crippen LogP contribution < -0.4 is 11.1 Å². The predicted octanol–water partition coefficient (Wildman–Crippen LogP) is 0.934. The molecule has 0 heterocycles. The molecule has 0 radical (unpaired) electrons. The van der Waals surface area contributed by atoms with Crippen LogP contribution in [0, 0.1) is 0 Å². The van der Waals surface area contributed by atoms with Gasteiger partial charge in [-0.25, -0.2) is 4.79 Å². The third kappa shape index (κ3) is 3.35. The van der Waals surface area contributed by atoms with Gasteiger partial charge in [0, 0.05) is 0 Å². The molecule has 0 aromatic rings. The Kier molecular flexibility index (Phi) is 4.21. The number of ether oxygens (including phenoxy) is 2. The normalized spacial score (nSPS) is 19.4. The minimum Gasteiger partial charge on any atom is -0.468 e. The van der Waals surface area contributed by atoms with E-state index in [0.717, 1.165) is 6.42 Å². The third-order valence-electron chi connectivity index (χ3n) is 3.05. The molecule has 1 saturated carbocycles. The molecule has 0 saturated heterocycles. The molecule has 0 bridgehead atoms. The third-order valence-corrected chi connectivity index (χ3v) is 3.05. The monoisotopic (exact) mass is 258 g/mol. The van der Waals surface area contributed by atoms with Crippen molar-refractivity contribution in [2.75, 3.05) is 7.11 Å². The summed E-state index contributed by atoms with van der Waals surface area (Å²) in [5.74, 6) is -0.522. The van der Waals surface area contributed by atoms with E-state index in [1.807, 2.05) is 0 Å². The summed E-state index contributed by atoms with van der Waals surface area (Å²) in [5.41, 5.74) is 4.53. The first-order chi connectivity index (χ1) is 8.20. The number of amides is 1. The Morgan fingerprint density at radius 2 is 1.89 bits per heavy atom. The van der Waals surface area contributed by atoms with E-state index in [0.29, 0.717) is 12.8 Å². The van der Waals surface area contributed by atoms with E-state index < -0.39 is 29.2 Å². The summed E-state index contributed by atoms with van der Waals surface area (Å²) in [6.07, 6.45) is 1.67. The van der Waals surface area contributed by atoms with Gasteiger partial charge in [0.15, 0.2) is 0 Å². The molecule has 6 nitrogen and oxygen atoms in total. The van der Waals surface area contributed by atoms with Crippen LogP contribution in [-0.4, -0.2) is 36.4 Å². The van der Waals surface area contributed by atoms with Crippen molar-refractivity contribution < 1.29 is 19.1 Å². The van der Waals surface area contributed by atoms with Gasteiger partial charge in [0.2, 0.25) is 0 Å². The Labute approximate surface area is 107 Å². The highest BCUT2D eigenvalue weighted by atomic mass is 16.6. The van der Waals surface area contributed by atoms with E-state index in [-0.39, 0.29) is 0 Å². The molecular weight excluding hydrogens is 236 g/mol. The zero-order valence-corrected chi connectivity index (χ0v) is 11.4. The second-order valence-electron chi connectivity index (χ2n) is 5.64. The Morgan fingerprint density at radius 3 is 2.22 bits per heavy atom. The summed E-state index contributed by atoms with van der Waals surface area (Å²) in [6.45, 7) is 5.33. The van der Waals surface area contributed by atoms with Crippen molar-refractivity contribution in [2.45, 2.75) is 57.2 Å². The fourth-order valence-electron chi connectivity index (χ4n) is 1.93. The predicted molar refractivity (Wildman–Crippen MR) is 65.9 cm³/mol. The second-order valence-corrected chi connectivity index (χ2v) is 5.64. The summed E-state index contributed by atoms with van der Waals surface area (Å²) in [6, 6.07) is -0.858. The minimum absolute atomic E-state index is 0.522. The zero-order chi connectivity index (χ0) is 14.0. The molecule has 1 rings (SSSR count). The number of methoxy groups -OCH3 is 1. The van der Waals surface area contributed by atoms with Crippen LogP contribution >= 0.6 is 0 Å². The van der Waals surface area contributed by atoms with Crippen LogP contribution in [0.2, 0.25) is 0 Å². The largest absolute Gasteiger partial charge is 0.468 e. The van der Waals surface area contributed by atoms with Gasteiger partial charge in [0.1, 0.15) is 11.6 Å². The summed E-state index contributed by atoms with van der Waals surface area (Å²) in [5, 5.41) is 2.71. The van der Waals surface area contributed by atoms with Gasteiger partial charge in [-0.1, -0.05) is 0 Å². The van der Waals surface area contributed by atoms with Gasteiger partial charge in [-0.15, -0.1) is 0 Å². The smallest absolute Gasteiger partial charge is 0.408 e. The molecule has 0 aromatic heterocycles. The van der Waals surface area contributed by atoms with Crippen molar-refractivity contribution in [3.8, 4) is 0 Å². The van der Waals surface area contributed by atoms with Crippen LogP contribution in [-0.2, 0) is 14.3 Å². The van der Waals surface area contributed by atoms with Gasteiger partial charge in [-0.3, -0.25) is 4.79 Å². The molecule has 1 unspecified atom stereocenters. The number of carbonyl (C=O) groups is 2. The number of alkyl carbamates (subject to hydrolysis) is 1. The molecule has 1 atom stereocenters. The SMILES string of the molecule is COC(=O)C(N)C1(NC(=O)OC(C)(C)C)CCC1. The van der Waals surface area contributed by atoms with Crippen LogP contribution in [0.15, 0.2) is 0 Å². The van der Waals surface area contributed by atoms with E-state index in [4.69, 9.17) is 10.5 Å². The van der Waals surface area contributed by atoms with Crippen LogP contribution in [0.4, 0.5) is 4.79 Å². The molecule has 1 aliphatic rings. The highest BCUT2D eigenvalue weighted by molar-refractivity contribution is 5.79. The summed E-state index contributed by atoms with van der Waals surface area (Å²) >= 11 is 0. The number of hydrogen-bond donors (Lipinski definition) is 2. The average molecular weight is 258 g/mol. The lowest BCUT2D eigenvalue weighted by Crippen LogP contribution is -2.67. The van der Waals surface area contributed by atoms with Crippen LogP contribution in [0.25, 0.3) is 0 Å². The molecule has 3 N–H and O–H groups in total. The highest BCUT2D eigenvalue weighted by Crippen LogP contribution is 2.35. The van der Waals surface area contributed by atoms with Crippen molar-refractivity contribution in [1.29, 1.82) is 0 Å². The van der Waals surface area contributed by atoms with Crippen molar-refractivity contribution in [2.24, 2.45) is 5.73 Å². The average Bonchev–Trinajstić information content (AvgIpc) is 2.18. The maximum Gasteiger partial charge on any atom is 0.408 e. The number of nitrogens with two attached hydrogens (primary N) is 1. The lowest BCUT2D eigenvalue weighted by atomic mass is 9.71. The first-order valence-electron chi connectivity index (χ1n) is 6.05. The van der Waals surface area contributed by atoms with Crippen molar-refractivity contribution >= 4 is 12.1 Å². The standard InChI is InChI=1S/C12H22N2O4/c1-11(2,3)18-10(16)14-12(6-5-7-12)8(13)9(15)17-4/h8H,5-7,13H2,1-4H3,(H,14,16). The van der Waals surface area contributed by atoms with Crippen LogP contribution in [0.5, 0.6) is 0 Å². The quantitative estimate of drug-likeness (QED) is 0.735. The first kappa shape index (κ1) is 14.8. The molecule has 0 aromatic carbocycles. The van der Waals surface area contributed by atoms with Gasteiger partial charge in [0.25, 0.3) is 0 Å².